The summed E-state index contributed by atoms with van der Waals surface area (Å²) in [7, 11) is 0. The summed E-state index contributed by atoms with van der Waals surface area (Å²) in [5.74, 6) is -0.681. The van der Waals surface area contributed by atoms with Crippen LogP contribution in [0.3, 0.4) is 0 Å². The Morgan fingerprint density at radius 3 is 2.33 bits per heavy atom. The van der Waals surface area contributed by atoms with E-state index in [1.165, 1.54) is 12.1 Å². The molecule has 2 heterocycles. The SMILES string of the molecule is CC(C)(C)Nc1nc(NCc2ccc(F)c(F)c2)cc(-c2ccncc2)n1. The predicted molar refractivity (Wildman–Crippen MR) is 102 cm³/mol. The first kappa shape index (κ1) is 18.7. The van der Waals surface area contributed by atoms with Gasteiger partial charge in [0.05, 0.1) is 5.69 Å². The summed E-state index contributed by atoms with van der Waals surface area (Å²) in [4.78, 5) is 13.1. The Kier molecular flexibility index (Phi) is 5.30. The Morgan fingerprint density at radius 2 is 1.67 bits per heavy atom. The lowest BCUT2D eigenvalue weighted by Crippen LogP contribution is -2.27. The molecule has 27 heavy (non-hydrogen) atoms. The minimum atomic E-state index is -0.871. The zero-order valence-electron chi connectivity index (χ0n) is 15.4. The van der Waals surface area contributed by atoms with Crippen molar-refractivity contribution in [3.8, 4) is 11.3 Å². The topological polar surface area (TPSA) is 62.7 Å². The highest BCUT2D eigenvalue weighted by Gasteiger charge is 2.14. The molecule has 0 saturated heterocycles. The van der Waals surface area contributed by atoms with Crippen LogP contribution in [-0.4, -0.2) is 20.5 Å². The van der Waals surface area contributed by atoms with Gasteiger partial charge < -0.3 is 10.6 Å². The van der Waals surface area contributed by atoms with Crippen molar-refractivity contribution in [2.75, 3.05) is 10.6 Å². The van der Waals surface area contributed by atoms with Crippen molar-refractivity contribution in [1.82, 2.24) is 15.0 Å². The van der Waals surface area contributed by atoms with Gasteiger partial charge >= 0.3 is 0 Å². The van der Waals surface area contributed by atoms with Gasteiger partial charge in [-0.15, -0.1) is 0 Å². The van der Waals surface area contributed by atoms with Crippen LogP contribution in [0.4, 0.5) is 20.5 Å². The number of pyridine rings is 1. The normalized spacial score (nSPS) is 11.3. The highest BCUT2D eigenvalue weighted by atomic mass is 19.2. The fourth-order valence-electron chi connectivity index (χ4n) is 2.44. The van der Waals surface area contributed by atoms with E-state index in [9.17, 15) is 8.78 Å². The Hall–Kier alpha value is -3.09. The maximum Gasteiger partial charge on any atom is 0.225 e. The van der Waals surface area contributed by atoms with Gasteiger partial charge in [-0.3, -0.25) is 4.98 Å². The Bertz CT molecular complexity index is 923. The quantitative estimate of drug-likeness (QED) is 0.686. The molecular formula is C20H21F2N5. The van der Waals surface area contributed by atoms with E-state index in [0.717, 1.165) is 17.3 Å². The second-order valence-corrected chi connectivity index (χ2v) is 7.17. The van der Waals surface area contributed by atoms with E-state index in [2.05, 4.69) is 25.6 Å². The van der Waals surface area contributed by atoms with Gasteiger partial charge in [0, 0.05) is 36.1 Å². The highest BCUT2D eigenvalue weighted by Crippen LogP contribution is 2.23. The molecule has 0 amide bonds. The van der Waals surface area contributed by atoms with Crippen LogP contribution in [-0.2, 0) is 6.54 Å². The van der Waals surface area contributed by atoms with Crippen molar-refractivity contribution in [3.63, 3.8) is 0 Å². The summed E-state index contributed by atoms with van der Waals surface area (Å²) in [6.07, 6.45) is 3.39. The van der Waals surface area contributed by atoms with Crippen LogP contribution >= 0.6 is 0 Å². The largest absolute Gasteiger partial charge is 0.366 e. The van der Waals surface area contributed by atoms with Gasteiger partial charge in [0.15, 0.2) is 11.6 Å². The number of aromatic nitrogens is 3. The lowest BCUT2D eigenvalue weighted by molar-refractivity contribution is 0.507. The van der Waals surface area contributed by atoms with Crippen LogP contribution in [0, 0.1) is 11.6 Å². The molecule has 2 aromatic heterocycles. The summed E-state index contributed by atoms with van der Waals surface area (Å²) < 4.78 is 26.5. The first-order valence-corrected chi connectivity index (χ1v) is 8.56. The molecular weight excluding hydrogens is 348 g/mol. The van der Waals surface area contributed by atoms with Crippen molar-refractivity contribution in [2.24, 2.45) is 0 Å². The Labute approximate surface area is 156 Å². The average Bonchev–Trinajstić information content (AvgIpc) is 2.62. The number of halogens is 2. The van der Waals surface area contributed by atoms with Gasteiger partial charge in [0.2, 0.25) is 5.95 Å². The third-order valence-corrected chi connectivity index (χ3v) is 3.65. The van der Waals surface area contributed by atoms with Crippen molar-refractivity contribution in [2.45, 2.75) is 32.9 Å². The molecule has 0 radical (unpaired) electrons. The number of rotatable bonds is 5. The summed E-state index contributed by atoms with van der Waals surface area (Å²) in [5.41, 5.74) is 2.03. The van der Waals surface area contributed by atoms with E-state index >= 15 is 0 Å². The number of hydrogen-bond donors (Lipinski definition) is 2. The molecule has 0 aliphatic carbocycles. The third kappa shape index (κ3) is 5.20. The van der Waals surface area contributed by atoms with Crippen molar-refractivity contribution in [1.29, 1.82) is 0 Å². The molecule has 1 aromatic carbocycles. The molecule has 5 nitrogen and oxygen atoms in total. The molecule has 0 spiro atoms. The van der Waals surface area contributed by atoms with E-state index < -0.39 is 11.6 Å². The average molecular weight is 369 g/mol. The zero-order chi connectivity index (χ0) is 19.4. The van der Waals surface area contributed by atoms with Gasteiger partial charge in [-0.25, -0.2) is 13.8 Å². The van der Waals surface area contributed by atoms with Gasteiger partial charge in [-0.2, -0.15) is 4.98 Å². The van der Waals surface area contributed by atoms with Crippen molar-refractivity contribution >= 4 is 11.8 Å². The molecule has 140 valence electrons. The van der Waals surface area contributed by atoms with Crippen molar-refractivity contribution < 1.29 is 8.78 Å². The van der Waals surface area contributed by atoms with Crippen LogP contribution in [0.25, 0.3) is 11.3 Å². The van der Waals surface area contributed by atoms with E-state index in [-0.39, 0.29) is 5.54 Å². The molecule has 0 unspecified atom stereocenters. The van der Waals surface area contributed by atoms with Crippen LogP contribution in [0.15, 0.2) is 48.8 Å². The number of nitrogens with one attached hydrogen (secondary N) is 2. The molecule has 3 rings (SSSR count). The van der Waals surface area contributed by atoms with Gasteiger partial charge in [0.25, 0.3) is 0 Å². The minimum Gasteiger partial charge on any atom is -0.366 e. The third-order valence-electron chi connectivity index (χ3n) is 3.65. The van der Waals surface area contributed by atoms with Crippen LogP contribution in [0.5, 0.6) is 0 Å². The highest BCUT2D eigenvalue weighted by molar-refractivity contribution is 5.64. The van der Waals surface area contributed by atoms with Crippen LogP contribution in [0.2, 0.25) is 0 Å². The molecule has 3 aromatic rings. The molecule has 2 N–H and O–H groups in total. The van der Waals surface area contributed by atoms with Gasteiger partial charge in [-0.1, -0.05) is 6.07 Å². The van der Waals surface area contributed by atoms with Gasteiger partial charge in [0.1, 0.15) is 5.82 Å². The number of benzene rings is 1. The standard InChI is InChI=1S/C20H21F2N5/c1-20(2,3)27-19-25-17(14-6-8-23-9-7-14)11-18(26-19)24-12-13-4-5-15(21)16(22)10-13/h4-11H,12H2,1-3H3,(H2,24,25,26,27). The molecule has 0 aliphatic heterocycles. The fourth-order valence-corrected chi connectivity index (χ4v) is 2.44. The molecule has 7 heteroatoms. The monoisotopic (exact) mass is 369 g/mol. The van der Waals surface area contributed by atoms with E-state index in [1.54, 1.807) is 12.4 Å². The lowest BCUT2D eigenvalue weighted by Gasteiger charge is -2.21. The molecule has 0 atom stereocenters. The maximum absolute atomic E-state index is 13.4. The second kappa shape index (κ2) is 7.65. The number of nitrogens with zero attached hydrogens (tertiary/aromatic N) is 3. The molecule has 0 aliphatic rings. The summed E-state index contributed by atoms with van der Waals surface area (Å²) in [5, 5.41) is 6.41. The second-order valence-electron chi connectivity index (χ2n) is 7.17. The summed E-state index contributed by atoms with van der Waals surface area (Å²) in [6, 6.07) is 9.35. The Balaban J connectivity index is 1.88. The van der Waals surface area contributed by atoms with E-state index in [1.807, 2.05) is 39.0 Å². The molecule has 0 fully saturated rings. The molecule has 0 bridgehead atoms. The minimum absolute atomic E-state index is 0.214. The number of hydrogen-bond acceptors (Lipinski definition) is 5. The number of anilines is 2. The van der Waals surface area contributed by atoms with Crippen LogP contribution < -0.4 is 10.6 Å². The van der Waals surface area contributed by atoms with Crippen molar-refractivity contribution in [3.05, 3.63) is 66.0 Å². The predicted octanol–water partition coefficient (Wildman–Crippen LogP) is 4.64. The first-order valence-electron chi connectivity index (χ1n) is 8.56. The Morgan fingerprint density at radius 1 is 0.926 bits per heavy atom. The van der Waals surface area contributed by atoms with Gasteiger partial charge in [-0.05, 0) is 50.6 Å². The fraction of sp³-hybridized carbons (Fsp3) is 0.250. The van der Waals surface area contributed by atoms with Crippen LogP contribution in [0.1, 0.15) is 26.3 Å². The summed E-state index contributed by atoms with van der Waals surface area (Å²) in [6.45, 7) is 6.36. The van der Waals surface area contributed by atoms with E-state index in [0.29, 0.717) is 23.9 Å². The maximum atomic E-state index is 13.4. The first-order chi connectivity index (χ1) is 12.8. The van der Waals surface area contributed by atoms with E-state index in [4.69, 9.17) is 0 Å². The zero-order valence-corrected chi connectivity index (χ0v) is 15.4. The molecule has 0 saturated carbocycles. The smallest absolute Gasteiger partial charge is 0.225 e. The summed E-state index contributed by atoms with van der Waals surface area (Å²) >= 11 is 0. The lowest BCUT2D eigenvalue weighted by atomic mass is 10.1.